The van der Waals surface area contributed by atoms with Crippen molar-refractivity contribution in [3.8, 4) is 0 Å². The van der Waals surface area contributed by atoms with Crippen molar-refractivity contribution in [1.82, 2.24) is 5.32 Å². The van der Waals surface area contributed by atoms with Gasteiger partial charge in [0.15, 0.2) is 0 Å². The van der Waals surface area contributed by atoms with Gasteiger partial charge in [-0.3, -0.25) is 4.79 Å². The van der Waals surface area contributed by atoms with Crippen LogP contribution in [0.1, 0.15) is 17.5 Å². The molecule has 1 amide bonds. The molecule has 1 atom stereocenters. The zero-order valence-electron chi connectivity index (χ0n) is 12.2. The first kappa shape index (κ1) is 15.3. The van der Waals surface area contributed by atoms with E-state index in [9.17, 15) is 4.79 Å². The third-order valence-corrected chi connectivity index (χ3v) is 3.48. The van der Waals surface area contributed by atoms with Crippen LogP contribution < -0.4 is 11.1 Å². The molecule has 110 valence electrons. The summed E-state index contributed by atoms with van der Waals surface area (Å²) < 4.78 is 0. The lowest BCUT2D eigenvalue weighted by Crippen LogP contribution is -2.41. The number of aryl methyl sites for hydroxylation is 1. The van der Waals surface area contributed by atoms with E-state index in [1.165, 1.54) is 11.1 Å². The molecule has 2 aromatic rings. The second-order valence-corrected chi connectivity index (χ2v) is 5.16. The van der Waals surface area contributed by atoms with Gasteiger partial charge in [-0.25, -0.2) is 0 Å². The lowest BCUT2D eigenvalue weighted by molar-refractivity contribution is -0.122. The fourth-order valence-electron chi connectivity index (χ4n) is 2.20. The van der Waals surface area contributed by atoms with Crippen molar-refractivity contribution in [1.29, 1.82) is 0 Å². The Morgan fingerprint density at radius 3 is 2.00 bits per heavy atom. The number of hydrogen-bond donors (Lipinski definition) is 2. The number of carbonyl (C=O) groups excluding carboxylic acids is 1. The highest BCUT2D eigenvalue weighted by Gasteiger charge is 2.12. The monoisotopic (exact) mass is 282 g/mol. The molecule has 3 heteroatoms. The van der Waals surface area contributed by atoms with Crippen LogP contribution >= 0.6 is 0 Å². The number of amides is 1. The standard InChI is InChI=1S/C18H22N2O/c19-17(12-11-15-7-3-1-4-8-15)18(21)20-14-13-16-9-5-2-6-10-16/h1-10,17H,11-14,19H2,(H,20,21)/t17-/m0/s1. The minimum atomic E-state index is -0.444. The molecule has 0 saturated heterocycles. The maximum Gasteiger partial charge on any atom is 0.236 e. The highest BCUT2D eigenvalue weighted by atomic mass is 16.2. The van der Waals surface area contributed by atoms with E-state index >= 15 is 0 Å². The van der Waals surface area contributed by atoms with Crippen LogP contribution in [0.5, 0.6) is 0 Å². The molecule has 0 radical (unpaired) electrons. The summed E-state index contributed by atoms with van der Waals surface area (Å²) >= 11 is 0. The van der Waals surface area contributed by atoms with Crippen LogP contribution in [0, 0.1) is 0 Å². The van der Waals surface area contributed by atoms with Crippen molar-refractivity contribution in [3.63, 3.8) is 0 Å². The van der Waals surface area contributed by atoms with E-state index in [2.05, 4.69) is 29.6 Å². The summed E-state index contributed by atoms with van der Waals surface area (Å²) in [5.41, 5.74) is 8.36. The number of nitrogens with two attached hydrogens (primary N) is 1. The van der Waals surface area contributed by atoms with Crippen LogP contribution in [0.2, 0.25) is 0 Å². The van der Waals surface area contributed by atoms with Gasteiger partial charge in [0, 0.05) is 6.54 Å². The summed E-state index contributed by atoms with van der Waals surface area (Å²) in [6.45, 7) is 0.627. The quantitative estimate of drug-likeness (QED) is 0.818. The Morgan fingerprint density at radius 2 is 1.43 bits per heavy atom. The van der Waals surface area contributed by atoms with E-state index in [0.717, 1.165) is 12.8 Å². The molecule has 0 unspecified atom stereocenters. The first-order chi connectivity index (χ1) is 10.3. The Kier molecular flexibility index (Phi) is 5.98. The predicted octanol–water partition coefficient (Wildman–Crippen LogP) is 2.31. The minimum absolute atomic E-state index is 0.0677. The van der Waals surface area contributed by atoms with Gasteiger partial charge >= 0.3 is 0 Å². The Morgan fingerprint density at radius 1 is 0.905 bits per heavy atom. The third-order valence-electron chi connectivity index (χ3n) is 3.48. The Labute approximate surface area is 126 Å². The Balaban J connectivity index is 1.68. The average Bonchev–Trinajstić information content (AvgIpc) is 2.54. The second-order valence-electron chi connectivity index (χ2n) is 5.16. The molecule has 0 fully saturated rings. The SMILES string of the molecule is N[C@@H](CCc1ccccc1)C(=O)NCCc1ccccc1. The fraction of sp³-hybridized carbons (Fsp3) is 0.278. The van der Waals surface area contributed by atoms with Crippen LogP contribution in [-0.2, 0) is 17.6 Å². The van der Waals surface area contributed by atoms with Crippen molar-refractivity contribution in [2.45, 2.75) is 25.3 Å². The minimum Gasteiger partial charge on any atom is -0.354 e. The van der Waals surface area contributed by atoms with Crippen LogP contribution in [0.25, 0.3) is 0 Å². The summed E-state index contributed by atoms with van der Waals surface area (Å²) in [7, 11) is 0. The van der Waals surface area contributed by atoms with Gasteiger partial charge in [0.05, 0.1) is 6.04 Å². The highest BCUT2D eigenvalue weighted by molar-refractivity contribution is 5.81. The van der Waals surface area contributed by atoms with Gasteiger partial charge in [-0.15, -0.1) is 0 Å². The number of carbonyl (C=O) groups is 1. The van der Waals surface area contributed by atoms with Crippen molar-refractivity contribution >= 4 is 5.91 Å². The molecule has 0 heterocycles. The van der Waals surface area contributed by atoms with Gasteiger partial charge in [-0.05, 0) is 30.4 Å². The lowest BCUT2D eigenvalue weighted by Gasteiger charge is -2.12. The zero-order valence-corrected chi connectivity index (χ0v) is 12.2. The fourth-order valence-corrected chi connectivity index (χ4v) is 2.20. The number of hydrogen-bond acceptors (Lipinski definition) is 2. The van der Waals surface area contributed by atoms with Crippen molar-refractivity contribution in [2.75, 3.05) is 6.54 Å². The van der Waals surface area contributed by atoms with Gasteiger partial charge < -0.3 is 11.1 Å². The molecule has 0 aliphatic rings. The highest BCUT2D eigenvalue weighted by Crippen LogP contribution is 2.04. The van der Waals surface area contributed by atoms with E-state index in [1.54, 1.807) is 0 Å². The van der Waals surface area contributed by atoms with Crippen LogP contribution in [0.4, 0.5) is 0 Å². The molecule has 2 aromatic carbocycles. The summed E-state index contributed by atoms with van der Waals surface area (Å²) in [5.74, 6) is -0.0677. The summed E-state index contributed by atoms with van der Waals surface area (Å²) in [6.07, 6.45) is 2.33. The molecule has 0 aliphatic heterocycles. The third kappa shape index (κ3) is 5.40. The number of nitrogens with one attached hydrogen (secondary N) is 1. The van der Waals surface area contributed by atoms with E-state index < -0.39 is 6.04 Å². The van der Waals surface area contributed by atoms with Gasteiger partial charge in [-0.2, -0.15) is 0 Å². The van der Waals surface area contributed by atoms with Gasteiger partial charge in [0.25, 0.3) is 0 Å². The molecule has 0 bridgehead atoms. The largest absolute Gasteiger partial charge is 0.354 e. The summed E-state index contributed by atoms with van der Waals surface area (Å²) in [6, 6.07) is 19.8. The Hall–Kier alpha value is -2.13. The number of rotatable bonds is 7. The first-order valence-corrected chi connectivity index (χ1v) is 7.37. The van der Waals surface area contributed by atoms with Crippen molar-refractivity contribution < 1.29 is 4.79 Å². The maximum absolute atomic E-state index is 11.9. The smallest absolute Gasteiger partial charge is 0.236 e. The zero-order chi connectivity index (χ0) is 14.9. The summed E-state index contributed by atoms with van der Waals surface area (Å²) in [5, 5.41) is 2.90. The van der Waals surface area contributed by atoms with Crippen LogP contribution in [0.15, 0.2) is 60.7 Å². The molecule has 0 saturated carbocycles. The number of benzene rings is 2. The Bertz CT molecular complexity index is 540. The summed E-state index contributed by atoms with van der Waals surface area (Å²) in [4.78, 5) is 11.9. The molecular weight excluding hydrogens is 260 g/mol. The van der Waals surface area contributed by atoms with Crippen LogP contribution in [0.3, 0.4) is 0 Å². The van der Waals surface area contributed by atoms with Crippen molar-refractivity contribution in [2.24, 2.45) is 5.73 Å². The topological polar surface area (TPSA) is 55.1 Å². The van der Waals surface area contributed by atoms with E-state index in [0.29, 0.717) is 13.0 Å². The average molecular weight is 282 g/mol. The molecule has 3 nitrogen and oxygen atoms in total. The van der Waals surface area contributed by atoms with E-state index in [4.69, 9.17) is 5.73 Å². The first-order valence-electron chi connectivity index (χ1n) is 7.37. The lowest BCUT2D eigenvalue weighted by atomic mass is 10.1. The molecule has 2 rings (SSSR count). The van der Waals surface area contributed by atoms with Crippen LogP contribution in [-0.4, -0.2) is 18.5 Å². The van der Waals surface area contributed by atoms with Crippen molar-refractivity contribution in [3.05, 3.63) is 71.8 Å². The maximum atomic E-state index is 11.9. The molecule has 0 spiro atoms. The van der Waals surface area contributed by atoms with E-state index in [-0.39, 0.29) is 5.91 Å². The second kappa shape index (κ2) is 8.22. The molecule has 3 N–H and O–H groups in total. The van der Waals surface area contributed by atoms with Gasteiger partial charge in [-0.1, -0.05) is 60.7 Å². The van der Waals surface area contributed by atoms with E-state index in [1.807, 2.05) is 36.4 Å². The van der Waals surface area contributed by atoms with Gasteiger partial charge in [0.1, 0.15) is 0 Å². The predicted molar refractivity (Wildman–Crippen MR) is 85.9 cm³/mol. The molecular formula is C18H22N2O. The molecule has 21 heavy (non-hydrogen) atoms. The molecule has 0 aliphatic carbocycles. The normalized spacial score (nSPS) is 11.9. The van der Waals surface area contributed by atoms with Gasteiger partial charge in [0.2, 0.25) is 5.91 Å². The molecule has 0 aromatic heterocycles.